The number of hydrogen-bond acceptors (Lipinski definition) is 2. The van der Waals surface area contributed by atoms with Crippen LogP contribution in [0.25, 0.3) is 0 Å². The highest BCUT2D eigenvalue weighted by atomic mass is 19.3. The van der Waals surface area contributed by atoms with Crippen molar-refractivity contribution >= 4 is 5.84 Å². The first kappa shape index (κ1) is 13.3. The lowest BCUT2D eigenvalue weighted by Crippen LogP contribution is -2.35. The number of rotatable bonds is 6. The highest BCUT2D eigenvalue weighted by Gasteiger charge is 2.22. The van der Waals surface area contributed by atoms with Crippen molar-refractivity contribution in [1.29, 1.82) is 5.41 Å². The second kappa shape index (κ2) is 5.24. The topological polar surface area (TPSA) is 53.1 Å². The Kier molecular flexibility index (Phi) is 4.97. The van der Waals surface area contributed by atoms with Crippen molar-refractivity contribution in [2.45, 2.75) is 26.7 Å². The Morgan fingerprint density at radius 1 is 1.50 bits per heavy atom. The second-order valence-electron chi connectivity index (χ2n) is 4.20. The third-order valence-electron chi connectivity index (χ3n) is 2.30. The molecule has 0 aliphatic carbocycles. The zero-order chi connectivity index (χ0) is 11.4. The Hall–Kier alpha value is -0.710. The van der Waals surface area contributed by atoms with Gasteiger partial charge in [-0.05, 0) is 20.0 Å². The lowest BCUT2D eigenvalue weighted by atomic mass is 9.88. The fourth-order valence-corrected chi connectivity index (χ4v) is 0.932. The summed E-state index contributed by atoms with van der Waals surface area (Å²) in [5, 5.41) is 7.29. The molecule has 0 aromatic carbocycles. The lowest BCUT2D eigenvalue weighted by Gasteiger charge is -2.26. The molecule has 0 aliphatic heterocycles. The predicted octanol–water partition coefficient (Wildman–Crippen LogP) is 1.54. The van der Waals surface area contributed by atoms with Gasteiger partial charge < -0.3 is 10.6 Å². The van der Waals surface area contributed by atoms with Crippen LogP contribution in [0.4, 0.5) is 8.78 Å². The van der Waals surface area contributed by atoms with Gasteiger partial charge in [0.1, 0.15) is 0 Å². The van der Waals surface area contributed by atoms with Gasteiger partial charge in [0, 0.05) is 5.41 Å². The average molecular weight is 207 g/mol. The Morgan fingerprint density at radius 3 is 2.36 bits per heavy atom. The molecule has 0 heterocycles. The number of alkyl halides is 2. The molecule has 0 saturated heterocycles. The molecule has 0 atom stereocenters. The van der Waals surface area contributed by atoms with Gasteiger partial charge in [0.25, 0.3) is 6.43 Å². The highest BCUT2D eigenvalue weighted by molar-refractivity contribution is 5.82. The van der Waals surface area contributed by atoms with Gasteiger partial charge >= 0.3 is 0 Å². The van der Waals surface area contributed by atoms with Crippen LogP contribution < -0.4 is 5.73 Å². The van der Waals surface area contributed by atoms with E-state index in [0.29, 0.717) is 13.0 Å². The molecule has 0 rings (SSSR count). The molecule has 0 radical (unpaired) electrons. The van der Waals surface area contributed by atoms with Gasteiger partial charge in [-0.3, -0.25) is 5.41 Å². The SMILES string of the molecule is CN(CCC(C)(C)C(=N)N)CC(F)F. The third-order valence-corrected chi connectivity index (χ3v) is 2.30. The monoisotopic (exact) mass is 207 g/mol. The van der Waals surface area contributed by atoms with Crippen molar-refractivity contribution in [2.24, 2.45) is 11.1 Å². The fourth-order valence-electron chi connectivity index (χ4n) is 0.932. The Bertz CT molecular complexity index is 192. The summed E-state index contributed by atoms with van der Waals surface area (Å²) in [5.74, 6) is 0.1000. The predicted molar refractivity (Wildman–Crippen MR) is 53.8 cm³/mol. The molecule has 5 heteroatoms. The molecule has 0 spiro atoms. The quantitative estimate of drug-likeness (QED) is 0.512. The summed E-state index contributed by atoms with van der Waals surface area (Å²) >= 11 is 0. The largest absolute Gasteiger partial charge is 0.387 e. The van der Waals surface area contributed by atoms with Crippen molar-refractivity contribution in [3.63, 3.8) is 0 Å². The van der Waals surface area contributed by atoms with Crippen LogP contribution in [0.2, 0.25) is 0 Å². The van der Waals surface area contributed by atoms with Gasteiger partial charge in [-0.15, -0.1) is 0 Å². The van der Waals surface area contributed by atoms with Crippen LogP contribution in [0.15, 0.2) is 0 Å². The standard InChI is InChI=1S/C9H19F2N3/c1-9(2,8(12)13)4-5-14(3)6-7(10)11/h7H,4-6H2,1-3H3,(H3,12,13). The van der Waals surface area contributed by atoms with Crippen LogP contribution in [0.1, 0.15) is 20.3 Å². The van der Waals surface area contributed by atoms with Gasteiger partial charge in [-0.2, -0.15) is 0 Å². The van der Waals surface area contributed by atoms with E-state index in [2.05, 4.69) is 0 Å². The van der Waals surface area contributed by atoms with Crippen LogP contribution in [0.5, 0.6) is 0 Å². The molecule has 3 nitrogen and oxygen atoms in total. The van der Waals surface area contributed by atoms with Crippen LogP contribution in [0, 0.1) is 10.8 Å². The van der Waals surface area contributed by atoms with Gasteiger partial charge in [-0.25, -0.2) is 8.78 Å². The maximum absolute atomic E-state index is 12.0. The highest BCUT2D eigenvalue weighted by Crippen LogP contribution is 2.19. The van der Waals surface area contributed by atoms with Crippen molar-refractivity contribution in [2.75, 3.05) is 20.1 Å². The van der Waals surface area contributed by atoms with E-state index in [1.807, 2.05) is 13.8 Å². The first-order valence-corrected chi connectivity index (χ1v) is 4.57. The van der Waals surface area contributed by atoms with Crippen molar-refractivity contribution in [1.82, 2.24) is 4.90 Å². The molecule has 0 aliphatic rings. The first-order chi connectivity index (χ1) is 6.25. The average Bonchev–Trinajstić information content (AvgIpc) is 1.99. The second-order valence-corrected chi connectivity index (χ2v) is 4.20. The summed E-state index contributed by atoms with van der Waals surface area (Å²) in [5.41, 5.74) is 4.97. The molecule has 14 heavy (non-hydrogen) atoms. The maximum atomic E-state index is 12.0. The van der Waals surface area contributed by atoms with E-state index in [1.54, 1.807) is 11.9 Å². The van der Waals surface area contributed by atoms with Gasteiger partial charge in [-0.1, -0.05) is 13.8 Å². The number of hydrogen-bond donors (Lipinski definition) is 2. The Morgan fingerprint density at radius 2 is 2.00 bits per heavy atom. The van der Waals surface area contributed by atoms with E-state index in [0.717, 1.165) is 0 Å². The van der Waals surface area contributed by atoms with Gasteiger partial charge in [0.15, 0.2) is 0 Å². The molecule has 0 saturated carbocycles. The number of nitrogens with one attached hydrogen (secondary N) is 1. The molecule has 0 bridgehead atoms. The Balaban J connectivity index is 3.87. The van der Waals surface area contributed by atoms with E-state index in [9.17, 15) is 8.78 Å². The molecular weight excluding hydrogens is 188 g/mol. The van der Waals surface area contributed by atoms with E-state index >= 15 is 0 Å². The summed E-state index contributed by atoms with van der Waals surface area (Å²) in [6, 6.07) is 0. The maximum Gasteiger partial charge on any atom is 0.251 e. The van der Waals surface area contributed by atoms with Crippen LogP contribution >= 0.6 is 0 Å². The normalized spacial score (nSPS) is 12.5. The Labute approximate surface area is 83.8 Å². The zero-order valence-electron chi connectivity index (χ0n) is 8.98. The lowest BCUT2D eigenvalue weighted by molar-refractivity contribution is 0.0969. The van der Waals surface area contributed by atoms with Gasteiger partial charge in [0.2, 0.25) is 0 Å². The van der Waals surface area contributed by atoms with E-state index in [-0.39, 0.29) is 12.4 Å². The van der Waals surface area contributed by atoms with E-state index in [1.165, 1.54) is 0 Å². The summed E-state index contributed by atoms with van der Waals surface area (Å²) in [6.07, 6.45) is -1.69. The number of amidine groups is 1. The van der Waals surface area contributed by atoms with Crippen molar-refractivity contribution < 1.29 is 8.78 Å². The zero-order valence-corrected chi connectivity index (χ0v) is 8.98. The van der Waals surface area contributed by atoms with Crippen molar-refractivity contribution in [3.8, 4) is 0 Å². The minimum absolute atomic E-state index is 0.1000. The van der Waals surface area contributed by atoms with Crippen LogP contribution in [0.3, 0.4) is 0 Å². The minimum atomic E-state index is -2.31. The van der Waals surface area contributed by atoms with Crippen LogP contribution in [-0.4, -0.2) is 37.3 Å². The first-order valence-electron chi connectivity index (χ1n) is 4.57. The minimum Gasteiger partial charge on any atom is -0.387 e. The summed E-state index contributed by atoms with van der Waals surface area (Å²) < 4.78 is 23.9. The number of nitrogens with zero attached hydrogens (tertiary/aromatic N) is 1. The molecule has 0 amide bonds. The smallest absolute Gasteiger partial charge is 0.251 e. The molecule has 0 fully saturated rings. The summed E-state index contributed by atoms with van der Waals surface area (Å²) in [4.78, 5) is 1.55. The third kappa shape index (κ3) is 5.11. The van der Waals surface area contributed by atoms with Crippen molar-refractivity contribution in [3.05, 3.63) is 0 Å². The fraction of sp³-hybridized carbons (Fsp3) is 0.889. The van der Waals surface area contributed by atoms with Crippen LogP contribution in [-0.2, 0) is 0 Å². The molecule has 0 aromatic rings. The summed E-state index contributed by atoms with van der Waals surface area (Å²) in [6.45, 7) is 3.97. The molecule has 0 aromatic heterocycles. The van der Waals surface area contributed by atoms with E-state index < -0.39 is 11.8 Å². The molecule has 84 valence electrons. The summed E-state index contributed by atoms with van der Waals surface area (Å²) in [7, 11) is 1.64. The number of nitrogens with two attached hydrogens (primary N) is 1. The molecular formula is C9H19F2N3. The number of halogens is 2. The van der Waals surface area contributed by atoms with E-state index in [4.69, 9.17) is 11.1 Å². The van der Waals surface area contributed by atoms with Gasteiger partial charge in [0.05, 0.1) is 12.4 Å². The molecule has 0 unspecified atom stereocenters. The molecule has 3 N–H and O–H groups in total.